The molecule has 2 aromatic carbocycles. The molecule has 144 valence electrons. The van der Waals surface area contributed by atoms with Gasteiger partial charge in [0, 0.05) is 10.5 Å². The lowest BCUT2D eigenvalue weighted by Crippen LogP contribution is -2.37. The second-order valence-corrected chi connectivity index (χ2v) is 7.16. The van der Waals surface area contributed by atoms with Crippen molar-refractivity contribution in [1.29, 1.82) is 0 Å². The first-order valence-electron chi connectivity index (χ1n) is 8.51. The van der Waals surface area contributed by atoms with Crippen molar-refractivity contribution in [2.45, 2.75) is 6.42 Å². The molecule has 0 saturated heterocycles. The van der Waals surface area contributed by atoms with Gasteiger partial charge >= 0.3 is 0 Å². The number of methoxy groups -OCH3 is 3. The lowest BCUT2D eigenvalue weighted by Gasteiger charge is -2.27. The second-order valence-electron chi connectivity index (χ2n) is 6.24. The summed E-state index contributed by atoms with van der Waals surface area (Å²) in [4.78, 5) is 21.4. The van der Waals surface area contributed by atoms with E-state index in [0.717, 1.165) is 10.0 Å². The van der Waals surface area contributed by atoms with Gasteiger partial charge in [0.1, 0.15) is 17.4 Å². The van der Waals surface area contributed by atoms with Crippen molar-refractivity contribution in [3.63, 3.8) is 0 Å². The van der Waals surface area contributed by atoms with Crippen LogP contribution < -0.4 is 18.9 Å². The van der Waals surface area contributed by atoms with E-state index in [1.54, 1.807) is 12.1 Å². The number of aliphatic imine (C=N–C) groups is 2. The highest BCUT2D eigenvalue weighted by molar-refractivity contribution is 9.10. The van der Waals surface area contributed by atoms with Crippen LogP contribution in [0.25, 0.3) is 0 Å². The Balaban J connectivity index is 1.77. The maximum Gasteiger partial charge on any atom is 0.260 e. The second kappa shape index (κ2) is 7.27. The van der Waals surface area contributed by atoms with Crippen LogP contribution >= 0.6 is 15.9 Å². The molecule has 7 nitrogen and oxygen atoms in total. The number of hydrogen-bond donors (Lipinski definition) is 0. The van der Waals surface area contributed by atoms with Gasteiger partial charge in [-0.3, -0.25) is 4.79 Å². The third kappa shape index (κ3) is 3.13. The zero-order chi connectivity index (χ0) is 19.8. The van der Waals surface area contributed by atoms with Crippen molar-refractivity contribution < 1.29 is 23.7 Å². The van der Waals surface area contributed by atoms with E-state index >= 15 is 0 Å². The van der Waals surface area contributed by atoms with Crippen LogP contribution in [-0.2, 0) is 11.2 Å². The molecule has 0 fully saturated rings. The molecule has 2 aliphatic rings. The van der Waals surface area contributed by atoms with Crippen molar-refractivity contribution in [3.8, 4) is 23.0 Å². The van der Waals surface area contributed by atoms with Crippen molar-refractivity contribution in [3.05, 3.63) is 45.9 Å². The fraction of sp³-hybridized carbons (Fsp3) is 0.250. The smallest absolute Gasteiger partial charge is 0.260 e. The molecule has 0 spiro atoms. The summed E-state index contributed by atoms with van der Waals surface area (Å²) in [5.41, 5.74) is 1.46. The fourth-order valence-electron chi connectivity index (χ4n) is 3.23. The van der Waals surface area contributed by atoms with Gasteiger partial charge in [0.2, 0.25) is 5.90 Å². The summed E-state index contributed by atoms with van der Waals surface area (Å²) in [6, 6.07) is 9.03. The summed E-state index contributed by atoms with van der Waals surface area (Å²) in [5, 5.41) is 0. The summed E-state index contributed by atoms with van der Waals surface area (Å²) in [5.74, 6) is 1.86. The standard InChI is InChI=1S/C20H17BrN2O5/c1-25-15-9-17(27-3)16(26-2)8-12(15)18-22-19(24)13-7-10-6-11(21)4-5-14(10)28-20(13)23-18/h4-6,8-9,13H,7H2,1-3H3. The van der Waals surface area contributed by atoms with Gasteiger partial charge in [0.25, 0.3) is 5.91 Å². The van der Waals surface area contributed by atoms with E-state index in [0.29, 0.717) is 40.9 Å². The number of hydrogen-bond acceptors (Lipinski definition) is 6. The Bertz CT molecular complexity index is 1030. The van der Waals surface area contributed by atoms with Crippen LogP contribution in [0.4, 0.5) is 0 Å². The third-order valence-electron chi connectivity index (χ3n) is 4.64. The first kappa shape index (κ1) is 18.5. The van der Waals surface area contributed by atoms with Crippen LogP contribution in [0.5, 0.6) is 23.0 Å². The number of rotatable bonds is 4. The summed E-state index contributed by atoms with van der Waals surface area (Å²) in [7, 11) is 4.59. The van der Waals surface area contributed by atoms with Gasteiger partial charge in [-0.1, -0.05) is 15.9 Å². The molecule has 2 aromatic rings. The minimum atomic E-state index is -0.531. The number of halogens is 1. The van der Waals surface area contributed by atoms with Gasteiger partial charge in [-0.25, -0.2) is 0 Å². The Morgan fingerprint density at radius 2 is 1.71 bits per heavy atom. The van der Waals surface area contributed by atoms with Crippen LogP contribution in [-0.4, -0.2) is 39.0 Å². The molecular weight excluding hydrogens is 428 g/mol. The van der Waals surface area contributed by atoms with Crippen LogP contribution in [0.15, 0.2) is 44.8 Å². The SMILES string of the molecule is COc1cc(OC)c(C2=NC(=O)C3Cc4cc(Br)ccc4OC3=N2)cc1OC. The Kier molecular flexibility index (Phi) is 4.80. The largest absolute Gasteiger partial charge is 0.496 e. The van der Waals surface area contributed by atoms with E-state index < -0.39 is 5.92 Å². The molecule has 0 radical (unpaired) electrons. The molecule has 0 aromatic heterocycles. The number of ether oxygens (including phenoxy) is 4. The summed E-state index contributed by atoms with van der Waals surface area (Å²) >= 11 is 3.44. The summed E-state index contributed by atoms with van der Waals surface area (Å²) < 4.78 is 22.9. The lowest BCUT2D eigenvalue weighted by atomic mass is 9.94. The zero-order valence-corrected chi connectivity index (χ0v) is 17.1. The van der Waals surface area contributed by atoms with Gasteiger partial charge in [-0.15, -0.1) is 0 Å². The fourth-order valence-corrected chi connectivity index (χ4v) is 3.64. The Labute approximate surface area is 170 Å². The number of amidine groups is 1. The molecule has 2 aliphatic heterocycles. The molecule has 2 heterocycles. The van der Waals surface area contributed by atoms with Gasteiger partial charge in [-0.2, -0.15) is 9.98 Å². The van der Waals surface area contributed by atoms with Crippen molar-refractivity contribution >= 4 is 33.6 Å². The summed E-state index contributed by atoms with van der Waals surface area (Å²) in [6.45, 7) is 0. The minimum absolute atomic E-state index is 0.217. The number of benzene rings is 2. The average molecular weight is 445 g/mol. The van der Waals surface area contributed by atoms with E-state index in [2.05, 4.69) is 25.9 Å². The normalized spacial score (nSPS) is 17.6. The quantitative estimate of drug-likeness (QED) is 0.721. The van der Waals surface area contributed by atoms with Crippen LogP contribution in [0, 0.1) is 5.92 Å². The Morgan fingerprint density at radius 1 is 1.00 bits per heavy atom. The first-order valence-corrected chi connectivity index (χ1v) is 9.31. The number of nitrogens with zero attached hydrogens (tertiary/aromatic N) is 2. The molecule has 1 atom stereocenters. The predicted octanol–water partition coefficient (Wildman–Crippen LogP) is 3.41. The first-order chi connectivity index (χ1) is 13.5. The molecule has 28 heavy (non-hydrogen) atoms. The van der Waals surface area contributed by atoms with E-state index in [1.807, 2.05) is 18.2 Å². The maximum absolute atomic E-state index is 12.7. The van der Waals surface area contributed by atoms with E-state index in [1.165, 1.54) is 21.3 Å². The average Bonchev–Trinajstić information content (AvgIpc) is 2.71. The predicted molar refractivity (Wildman–Crippen MR) is 107 cm³/mol. The van der Waals surface area contributed by atoms with Gasteiger partial charge in [-0.05, 0) is 36.2 Å². The minimum Gasteiger partial charge on any atom is -0.496 e. The van der Waals surface area contributed by atoms with Crippen molar-refractivity contribution in [2.75, 3.05) is 21.3 Å². The third-order valence-corrected chi connectivity index (χ3v) is 5.13. The van der Waals surface area contributed by atoms with Crippen molar-refractivity contribution in [2.24, 2.45) is 15.9 Å². The van der Waals surface area contributed by atoms with E-state index in [4.69, 9.17) is 18.9 Å². The lowest BCUT2D eigenvalue weighted by molar-refractivity contribution is -0.120. The van der Waals surface area contributed by atoms with Crippen molar-refractivity contribution in [1.82, 2.24) is 0 Å². The number of amides is 1. The van der Waals surface area contributed by atoms with Crippen LogP contribution in [0.1, 0.15) is 11.1 Å². The Hall–Kier alpha value is -2.87. The van der Waals surface area contributed by atoms with Gasteiger partial charge in [0.15, 0.2) is 17.3 Å². The molecule has 8 heteroatoms. The highest BCUT2D eigenvalue weighted by Gasteiger charge is 2.36. The molecule has 4 rings (SSSR count). The Morgan fingerprint density at radius 3 is 2.43 bits per heavy atom. The van der Waals surface area contributed by atoms with Gasteiger partial charge in [0.05, 0.1) is 26.9 Å². The van der Waals surface area contributed by atoms with Gasteiger partial charge < -0.3 is 18.9 Å². The number of fused-ring (bicyclic) bond motifs is 2. The molecule has 0 saturated carbocycles. The number of carbonyl (C=O) groups excluding carboxylic acids is 1. The van der Waals surface area contributed by atoms with E-state index in [9.17, 15) is 4.79 Å². The van der Waals surface area contributed by atoms with Crippen LogP contribution in [0.2, 0.25) is 0 Å². The monoisotopic (exact) mass is 444 g/mol. The van der Waals surface area contributed by atoms with E-state index in [-0.39, 0.29) is 11.7 Å². The highest BCUT2D eigenvalue weighted by Crippen LogP contribution is 2.37. The molecule has 0 N–H and O–H groups in total. The molecular formula is C20H17BrN2O5. The van der Waals surface area contributed by atoms with Crippen LogP contribution in [0.3, 0.4) is 0 Å². The zero-order valence-electron chi connectivity index (χ0n) is 15.5. The molecule has 1 amide bonds. The molecule has 0 aliphatic carbocycles. The maximum atomic E-state index is 12.7. The topological polar surface area (TPSA) is 78.7 Å². The molecule has 0 bridgehead atoms. The molecule has 1 unspecified atom stereocenters. The number of carbonyl (C=O) groups is 1. The highest BCUT2D eigenvalue weighted by atomic mass is 79.9. The summed E-state index contributed by atoms with van der Waals surface area (Å²) in [6.07, 6.45) is 0.492.